The maximum atomic E-state index is 5.51. The molecule has 2 aliphatic heterocycles. The highest BCUT2D eigenvalue weighted by atomic mass is 16.7. The van der Waals surface area contributed by atoms with Crippen LogP contribution in [-0.4, -0.2) is 37.9 Å². The van der Waals surface area contributed by atoms with Crippen LogP contribution in [0.15, 0.2) is 42.5 Å². The summed E-state index contributed by atoms with van der Waals surface area (Å²) in [6, 6.07) is 14.8. The average molecular weight is 295 g/mol. The zero-order valence-electron chi connectivity index (χ0n) is 12.5. The lowest BCUT2D eigenvalue weighted by atomic mass is 9.98. The van der Waals surface area contributed by atoms with E-state index in [1.165, 1.54) is 16.7 Å². The zero-order valence-corrected chi connectivity index (χ0v) is 12.5. The number of hydrogen-bond acceptors (Lipinski definition) is 3. The van der Waals surface area contributed by atoms with Crippen molar-refractivity contribution in [1.82, 2.24) is 10.2 Å². The van der Waals surface area contributed by atoms with E-state index < -0.39 is 0 Å². The van der Waals surface area contributed by atoms with Crippen LogP contribution >= 0.6 is 0 Å². The van der Waals surface area contributed by atoms with Crippen LogP contribution in [0.3, 0.4) is 0 Å². The van der Waals surface area contributed by atoms with E-state index in [9.17, 15) is 0 Å². The van der Waals surface area contributed by atoms with Crippen molar-refractivity contribution in [2.45, 2.75) is 6.54 Å². The van der Waals surface area contributed by atoms with Gasteiger partial charge in [-0.2, -0.15) is 0 Å². The Kier molecular flexibility index (Phi) is 3.70. The summed E-state index contributed by atoms with van der Waals surface area (Å²) in [6.45, 7) is 5.29. The first-order valence-electron chi connectivity index (χ1n) is 7.74. The molecule has 0 unspecified atom stereocenters. The third kappa shape index (κ3) is 2.67. The highest BCUT2D eigenvalue weighted by Gasteiger charge is 2.16. The van der Waals surface area contributed by atoms with Gasteiger partial charge in [0.15, 0.2) is 11.5 Å². The minimum Gasteiger partial charge on any atom is -0.454 e. The van der Waals surface area contributed by atoms with Crippen LogP contribution in [0.5, 0.6) is 11.5 Å². The molecule has 2 aliphatic rings. The molecule has 4 rings (SSSR count). The Morgan fingerprint density at radius 1 is 0.955 bits per heavy atom. The largest absolute Gasteiger partial charge is 0.454 e. The highest BCUT2D eigenvalue weighted by Crippen LogP contribution is 2.37. The third-order valence-corrected chi connectivity index (χ3v) is 4.24. The van der Waals surface area contributed by atoms with Crippen molar-refractivity contribution < 1.29 is 9.47 Å². The fraction of sp³-hybridized carbons (Fsp3) is 0.333. The van der Waals surface area contributed by atoms with Gasteiger partial charge in [0.1, 0.15) is 0 Å². The van der Waals surface area contributed by atoms with Crippen molar-refractivity contribution in [3.05, 3.63) is 48.0 Å². The molecule has 4 nitrogen and oxygen atoms in total. The van der Waals surface area contributed by atoms with Crippen LogP contribution in [0.2, 0.25) is 0 Å². The molecule has 1 radical (unpaired) electrons. The molecule has 0 aromatic heterocycles. The van der Waals surface area contributed by atoms with Gasteiger partial charge in [0, 0.05) is 32.7 Å². The number of nitrogens with zero attached hydrogens (tertiary/aromatic N) is 2. The molecule has 2 aromatic rings. The smallest absolute Gasteiger partial charge is 0.231 e. The number of fused-ring (bicyclic) bond motifs is 1. The molecule has 1 fully saturated rings. The first-order valence-corrected chi connectivity index (χ1v) is 7.74. The number of benzene rings is 2. The quantitative estimate of drug-likeness (QED) is 0.873. The molecule has 2 aromatic carbocycles. The fourth-order valence-corrected chi connectivity index (χ4v) is 3.05. The number of ether oxygens (including phenoxy) is 2. The van der Waals surface area contributed by atoms with Crippen LogP contribution < -0.4 is 14.8 Å². The lowest BCUT2D eigenvalue weighted by Gasteiger charge is -2.27. The molecular formula is C18H19N2O2. The van der Waals surface area contributed by atoms with Crippen molar-refractivity contribution >= 4 is 0 Å². The number of rotatable bonds is 3. The second-order valence-electron chi connectivity index (χ2n) is 5.67. The summed E-state index contributed by atoms with van der Waals surface area (Å²) < 4.78 is 10.9. The van der Waals surface area contributed by atoms with Crippen LogP contribution in [0.4, 0.5) is 0 Å². The van der Waals surface area contributed by atoms with E-state index in [1.54, 1.807) is 0 Å². The van der Waals surface area contributed by atoms with Crippen LogP contribution in [0.1, 0.15) is 5.56 Å². The molecule has 1 saturated heterocycles. The fourth-order valence-electron chi connectivity index (χ4n) is 3.05. The van der Waals surface area contributed by atoms with Crippen LogP contribution in [0.25, 0.3) is 11.1 Å². The monoisotopic (exact) mass is 295 g/mol. The predicted molar refractivity (Wildman–Crippen MR) is 85.1 cm³/mol. The molecule has 0 aliphatic carbocycles. The summed E-state index contributed by atoms with van der Waals surface area (Å²) in [4.78, 5) is 2.47. The first-order chi connectivity index (χ1) is 10.9. The van der Waals surface area contributed by atoms with Gasteiger partial charge in [-0.1, -0.05) is 30.3 Å². The molecule has 0 spiro atoms. The molecule has 4 heteroatoms. The maximum absolute atomic E-state index is 5.51. The summed E-state index contributed by atoms with van der Waals surface area (Å²) in [5, 5.41) is 4.42. The molecule has 0 atom stereocenters. The average Bonchev–Trinajstić information content (AvgIpc) is 3.04. The molecular weight excluding hydrogens is 276 g/mol. The second-order valence-corrected chi connectivity index (χ2v) is 5.67. The predicted octanol–water partition coefficient (Wildman–Crippen LogP) is 2.50. The Morgan fingerprint density at radius 2 is 1.77 bits per heavy atom. The lowest BCUT2D eigenvalue weighted by Crippen LogP contribution is -2.39. The first kappa shape index (κ1) is 13.6. The van der Waals surface area contributed by atoms with Crippen molar-refractivity contribution in [3.63, 3.8) is 0 Å². The van der Waals surface area contributed by atoms with E-state index in [2.05, 4.69) is 46.6 Å². The van der Waals surface area contributed by atoms with Crippen LogP contribution in [0, 0.1) is 0 Å². The van der Waals surface area contributed by atoms with Gasteiger partial charge in [-0.05, 0) is 28.8 Å². The Hall–Kier alpha value is -2.04. The topological polar surface area (TPSA) is 35.8 Å². The minimum atomic E-state index is 0.317. The molecule has 0 N–H and O–H groups in total. The van der Waals surface area contributed by atoms with Gasteiger partial charge < -0.3 is 9.47 Å². The molecule has 113 valence electrons. The van der Waals surface area contributed by atoms with Gasteiger partial charge in [-0.3, -0.25) is 4.90 Å². The van der Waals surface area contributed by atoms with Crippen LogP contribution in [-0.2, 0) is 6.54 Å². The molecule has 0 bridgehead atoms. The minimum absolute atomic E-state index is 0.317. The maximum Gasteiger partial charge on any atom is 0.231 e. The lowest BCUT2D eigenvalue weighted by molar-refractivity contribution is 0.174. The van der Waals surface area contributed by atoms with Gasteiger partial charge >= 0.3 is 0 Å². The standard InChI is InChI=1S/C18H19N2O2/c1-2-4-16(14-5-6-17-18(11-14)22-13-21-17)15(3-1)12-20-9-7-19-8-10-20/h1-6,11H,7-10,12-13H2. The normalized spacial score (nSPS) is 17.6. The van der Waals surface area contributed by atoms with Gasteiger partial charge in [0.25, 0.3) is 0 Å². The van der Waals surface area contributed by atoms with Crippen molar-refractivity contribution in [2.75, 3.05) is 33.0 Å². The van der Waals surface area contributed by atoms with Gasteiger partial charge in [-0.25, -0.2) is 5.32 Å². The van der Waals surface area contributed by atoms with Gasteiger partial charge in [0.2, 0.25) is 6.79 Å². The van der Waals surface area contributed by atoms with Gasteiger partial charge in [-0.15, -0.1) is 0 Å². The SMILES string of the molecule is c1ccc(-c2ccc3c(c2)OCO3)c(CN2CC[N]CC2)c1. The van der Waals surface area contributed by atoms with E-state index in [1.807, 2.05) is 6.07 Å². The van der Waals surface area contributed by atoms with Gasteiger partial charge in [0.05, 0.1) is 0 Å². The molecule has 2 heterocycles. The molecule has 0 saturated carbocycles. The summed E-state index contributed by atoms with van der Waals surface area (Å²) in [5.74, 6) is 1.67. The van der Waals surface area contributed by atoms with Crippen molar-refractivity contribution in [3.8, 4) is 22.6 Å². The highest BCUT2D eigenvalue weighted by molar-refractivity contribution is 5.70. The summed E-state index contributed by atoms with van der Waals surface area (Å²) in [7, 11) is 0. The summed E-state index contributed by atoms with van der Waals surface area (Å²) in [6.07, 6.45) is 0. The van der Waals surface area contributed by atoms with Crippen molar-refractivity contribution in [1.29, 1.82) is 0 Å². The third-order valence-electron chi connectivity index (χ3n) is 4.24. The van der Waals surface area contributed by atoms with E-state index in [0.29, 0.717) is 6.79 Å². The van der Waals surface area contributed by atoms with E-state index in [0.717, 1.165) is 44.2 Å². The number of hydrogen-bond donors (Lipinski definition) is 0. The number of piperazine rings is 1. The van der Waals surface area contributed by atoms with E-state index >= 15 is 0 Å². The Balaban J connectivity index is 1.63. The molecule has 0 amide bonds. The second kappa shape index (κ2) is 5.99. The van der Waals surface area contributed by atoms with E-state index in [4.69, 9.17) is 9.47 Å². The zero-order chi connectivity index (χ0) is 14.8. The van der Waals surface area contributed by atoms with Crippen molar-refractivity contribution in [2.24, 2.45) is 0 Å². The molecule has 22 heavy (non-hydrogen) atoms. The Morgan fingerprint density at radius 3 is 2.68 bits per heavy atom. The Bertz CT molecular complexity index is 666. The summed E-state index contributed by atoms with van der Waals surface area (Å²) >= 11 is 0. The Labute approximate surface area is 130 Å². The van der Waals surface area contributed by atoms with E-state index in [-0.39, 0.29) is 0 Å². The summed E-state index contributed by atoms with van der Waals surface area (Å²) in [5.41, 5.74) is 3.80.